The monoisotopic (exact) mass is 378 g/mol. The second kappa shape index (κ2) is 6.49. The van der Waals surface area contributed by atoms with Crippen molar-refractivity contribution < 1.29 is 14.7 Å². The molecule has 0 unspecified atom stereocenters. The number of piperidine rings is 1. The van der Waals surface area contributed by atoms with Crippen LogP contribution in [0.25, 0.3) is 0 Å². The quantitative estimate of drug-likeness (QED) is 0.884. The van der Waals surface area contributed by atoms with E-state index in [1.807, 2.05) is 0 Å². The third-order valence-corrected chi connectivity index (χ3v) is 4.39. The summed E-state index contributed by atoms with van der Waals surface area (Å²) in [7, 11) is 0. The lowest BCUT2D eigenvalue weighted by molar-refractivity contribution is 0.0683. The first-order valence-corrected chi connectivity index (χ1v) is 8.02. The van der Waals surface area contributed by atoms with Gasteiger partial charge in [0.1, 0.15) is 5.69 Å². The molecule has 0 saturated carbocycles. The Morgan fingerprint density at radius 2 is 1.96 bits per heavy atom. The van der Waals surface area contributed by atoms with Crippen molar-refractivity contribution in [3.05, 3.63) is 46.5 Å². The van der Waals surface area contributed by atoms with Crippen LogP contribution in [0.3, 0.4) is 0 Å². The van der Waals surface area contributed by atoms with Gasteiger partial charge in [-0.25, -0.2) is 9.78 Å². The van der Waals surface area contributed by atoms with E-state index in [0.29, 0.717) is 18.8 Å². The summed E-state index contributed by atoms with van der Waals surface area (Å²) in [5.41, 5.74) is 0.612. The molecular weight excluding hydrogens is 364 g/mol. The summed E-state index contributed by atoms with van der Waals surface area (Å²) in [6, 6.07) is 3.61. The summed E-state index contributed by atoms with van der Waals surface area (Å²) < 4.78 is 2.52. The summed E-state index contributed by atoms with van der Waals surface area (Å²) in [5, 5.41) is 13.1. The minimum Gasteiger partial charge on any atom is -0.478 e. The van der Waals surface area contributed by atoms with Crippen molar-refractivity contribution in [3.8, 4) is 0 Å². The van der Waals surface area contributed by atoms with E-state index in [-0.39, 0.29) is 17.5 Å². The van der Waals surface area contributed by atoms with Gasteiger partial charge in [-0.3, -0.25) is 9.48 Å². The number of carboxylic acid groups (broad SMARTS) is 1. The topological polar surface area (TPSA) is 88.3 Å². The molecular formula is C15H15BrN4O3. The summed E-state index contributed by atoms with van der Waals surface area (Å²) in [6.07, 6.45) is 5.98. The van der Waals surface area contributed by atoms with E-state index in [2.05, 4.69) is 26.0 Å². The number of carbonyl (C=O) groups excluding carboxylic acids is 1. The van der Waals surface area contributed by atoms with Crippen LogP contribution in [0.1, 0.15) is 39.7 Å². The smallest absolute Gasteiger partial charge is 0.338 e. The van der Waals surface area contributed by atoms with Gasteiger partial charge in [-0.1, -0.05) is 0 Å². The number of halogens is 1. The molecule has 0 aromatic carbocycles. The Kier molecular flexibility index (Phi) is 4.42. The molecule has 1 saturated heterocycles. The van der Waals surface area contributed by atoms with Gasteiger partial charge in [0.05, 0.1) is 17.8 Å². The minimum absolute atomic E-state index is 0.0809. The molecule has 7 nitrogen and oxygen atoms in total. The molecule has 0 radical (unpaired) electrons. The van der Waals surface area contributed by atoms with Crippen LogP contribution in [0, 0.1) is 0 Å². The molecule has 0 atom stereocenters. The highest BCUT2D eigenvalue weighted by Gasteiger charge is 2.26. The highest BCUT2D eigenvalue weighted by atomic mass is 79.9. The van der Waals surface area contributed by atoms with Crippen molar-refractivity contribution in [1.82, 2.24) is 19.7 Å². The van der Waals surface area contributed by atoms with E-state index in [9.17, 15) is 9.59 Å². The molecule has 1 fully saturated rings. The van der Waals surface area contributed by atoms with Gasteiger partial charge in [0, 0.05) is 30.0 Å². The molecule has 23 heavy (non-hydrogen) atoms. The van der Waals surface area contributed by atoms with Crippen LogP contribution in [-0.4, -0.2) is 49.7 Å². The van der Waals surface area contributed by atoms with Crippen LogP contribution in [0.2, 0.25) is 0 Å². The predicted molar refractivity (Wildman–Crippen MR) is 85.3 cm³/mol. The second-order valence-corrected chi connectivity index (χ2v) is 6.31. The van der Waals surface area contributed by atoms with Crippen LogP contribution in [0.15, 0.2) is 35.2 Å². The number of rotatable bonds is 3. The Labute approximate surface area is 141 Å². The van der Waals surface area contributed by atoms with E-state index in [0.717, 1.165) is 17.3 Å². The lowest BCUT2D eigenvalue weighted by Gasteiger charge is -2.31. The fourth-order valence-corrected chi connectivity index (χ4v) is 2.88. The van der Waals surface area contributed by atoms with E-state index in [1.54, 1.807) is 34.1 Å². The highest BCUT2D eigenvalue weighted by molar-refractivity contribution is 9.10. The fourth-order valence-electron chi connectivity index (χ4n) is 2.65. The molecule has 3 heterocycles. The van der Waals surface area contributed by atoms with E-state index >= 15 is 0 Å². The number of likely N-dealkylation sites (tertiary alicyclic amines) is 1. The number of aromatic carboxylic acids is 1. The Bertz CT molecular complexity index is 721. The van der Waals surface area contributed by atoms with Crippen molar-refractivity contribution in [2.24, 2.45) is 0 Å². The maximum Gasteiger partial charge on any atom is 0.338 e. The first-order valence-electron chi connectivity index (χ1n) is 7.23. The molecule has 2 aromatic rings. The highest BCUT2D eigenvalue weighted by Crippen LogP contribution is 2.23. The van der Waals surface area contributed by atoms with Crippen molar-refractivity contribution in [1.29, 1.82) is 0 Å². The maximum absolute atomic E-state index is 12.4. The zero-order valence-electron chi connectivity index (χ0n) is 12.2. The Hall–Kier alpha value is -2.22. The number of pyridine rings is 1. The molecule has 1 aliphatic rings. The Morgan fingerprint density at radius 1 is 1.22 bits per heavy atom. The molecule has 2 aromatic heterocycles. The lowest BCUT2D eigenvalue weighted by atomic mass is 10.0. The van der Waals surface area contributed by atoms with Crippen molar-refractivity contribution in [2.45, 2.75) is 18.9 Å². The van der Waals surface area contributed by atoms with E-state index in [1.165, 1.54) is 6.20 Å². The average molecular weight is 379 g/mol. The fraction of sp³-hybridized carbons (Fsp3) is 0.333. The number of carboxylic acids is 1. The number of amides is 1. The summed E-state index contributed by atoms with van der Waals surface area (Å²) >= 11 is 3.30. The first kappa shape index (κ1) is 15.7. The number of nitrogens with zero attached hydrogens (tertiary/aromatic N) is 4. The van der Waals surface area contributed by atoms with E-state index < -0.39 is 5.97 Å². The molecule has 0 aliphatic carbocycles. The predicted octanol–water partition coefficient (Wildman–Crippen LogP) is 2.22. The van der Waals surface area contributed by atoms with Crippen LogP contribution < -0.4 is 0 Å². The zero-order valence-corrected chi connectivity index (χ0v) is 13.8. The number of hydrogen-bond acceptors (Lipinski definition) is 4. The second-order valence-electron chi connectivity index (χ2n) is 5.40. The van der Waals surface area contributed by atoms with Crippen molar-refractivity contribution in [3.63, 3.8) is 0 Å². The molecule has 1 N–H and O–H groups in total. The van der Waals surface area contributed by atoms with Gasteiger partial charge in [0.15, 0.2) is 0 Å². The van der Waals surface area contributed by atoms with Crippen LogP contribution in [0.4, 0.5) is 0 Å². The van der Waals surface area contributed by atoms with Gasteiger partial charge in [-0.15, -0.1) is 0 Å². The van der Waals surface area contributed by atoms with E-state index in [4.69, 9.17) is 5.11 Å². The van der Waals surface area contributed by atoms with Gasteiger partial charge in [-0.2, -0.15) is 5.10 Å². The molecule has 3 rings (SSSR count). The van der Waals surface area contributed by atoms with Gasteiger partial charge in [-0.05, 0) is 40.9 Å². The van der Waals surface area contributed by atoms with Crippen LogP contribution in [-0.2, 0) is 0 Å². The normalized spacial score (nSPS) is 15.6. The van der Waals surface area contributed by atoms with Gasteiger partial charge >= 0.3 is 5.97 Å². The molecule has 0 bridgehead atoms. The first-order chi connectivity index (χ1) is 11.0. The SMILES string of the molecule is O=C(O)c1cnn(C2CCN(C(=O)c3ccc(Br)cn3)CC2)c1. The maximum atomic E-state index is 12.4. The molecule has 1 aliphatic heterocycles. The summed E-state index contributed by atoms with van der Waals surface area (Å²) in [5.74, 6) is -1.06. The Morgan fingerprint density at radius 3 is 2.52 bits per heavy atom. The Balaban J connectivity index is 1.62. The summed E-state index contributed by atoms with van der Waals surface area (Å²) in [6.45, 7) is 1.20. The van der Waals surface area contributed by atoms with Crippen molar-refractivity contribution >= 4 is 27.8 Å². The van der Waals surface area contributed by atoms with Gasteiger partial charge < -0.3 is 10.0 Å². The molecule has 0 spiro atoms. The largest absolute Gasteiger partial charge is 0.478 e. The minimum atomic E-state index is -0.981. The zero-order chi connectivity index (χ0) is 16.4. The average Bonchev–Trinajstić information content (AvgIpc) is 3.05. The molecule has 8 heteroatoms. The third kappa shape index (κ3) is 3.42. The molecule has 120 valence electrons. The third-order valence-electron chi connectivity index (χ3n) is 3.92. The summed E-state index contributed by atoms with van der Waals surface area (Å²) in [4.78, 5) is 29.2. The van der Waals surface area contributed by atoms with Gasteiger partial charge in [0.25, 0.3) is 5.91 Å². The molecule has 1 amide bonds. The van der Waals surface area contributed by atoms with Gasteiger partial charge in [0.2, 0.25) is 0 Å². The lowest BCUT2D eigenvalue weighted by Crippen LogP contribution is -2.39. The number of carbonyl (C=O) groups is 2. The number of hydrogen-bond donors (Lipinski definition) is 1. The van der Waals surface area contributed by atoms with Crippen LogP contribution >= 0.6 is 15.9 Å². The van der Waals surface area contributed by atoms with Crippen LogP contribution in [0.5, 0.6) is 0 Å². The number of aromatic nitrogens is 3. The van der Waals surface area contributed by atoms with Crippen molar-refractivity contribution in [2.75, 3.05) is 13.1 Å². The standard InChI is InChI=1S/C15H15BrN4O3/c16-11-1-2-13(17-8-11)14(21)19-5-3-12(4-6-19)20-9-10(7-18-20)15(22)23/h1-2,7-9,12H,3-6H2,(H,22,23).